The van der Waals surface area contributed by atoms with Crippen LogP contribution in [0.5, 0.6) is 0 Å². The van der Waals surface area contributed by atoms with Crippen molar-refractivity contribution >= 4 is 61.5 Å². The number of hydrogen-bond donors (Lipinski definition) is 1. The Kier molecular flexibility index (Phi) is 4.71. The van der Waals surface area contributed by atoms with Crippen molar-refractivity contribution in [1.82, 2.24) is 4.90 Å². The van der Waals surface area contributed by atoms with Crippen LogP contribution in [0.25, 0.3) is 5.57 Å². The second kappa shape index (κ2) is 6.52. The Bertz CT molecular complexity index is 923. The first-order valence-corrected chi connectivity index (χ1v) is 10.2. The number of fused-ring (bicyclic) bond motifs is 1. The van der Waals surface area contributed by atoms with E-state index in [-0.39, 0.29) is 27.3 Å². The van der Waals surface area contributed by atoms with E-state index >= 15 is 0 Å². The number of carbonyl (C=O) groups is 2. The van der Waals surface area contributed by atoms with Crippen LogP contribution < -0.4 is 4.90 Å². The van der Waals surface area contributed by atoms with Crippen LogP contribution in [0.15, 0.2) is 29.2 Å². The van der Waals surface area contributed by atoms with Gasteiger partial charge in [-0.2, -0.15) is 8.42 Å². The lowest BCUT2D eigenvalue weighted by Crippen LogP contribution is -2.33. The van der Waals surface area contributed by atoms with Crippen molar-refractivity contribution in [3.8, 4) is 0 Å². The predicted molar refractivity (Wildman–Crippen MR) is 99.7 cm³/mol. The molecular formula is C15H14N2O5S3. The number of carbonyl (C=O) groups excluding carboxylic acids is 2. The average Bonchev–Trinajstić information content (AvgIpc) is 2.97. The quantitative estimate of drug-likeness (QED) is 0.467. The lowest BCUT2D eigenvalue weighted by Gasteiger charge is -2.13. The fourth-order valence-electron chi connectivity index (χ4n) is 2.76. The summed E-state index contributed by atoms with van der Waals surface area (Å²) in [5, 5.41) is 0. The molecule has 2 amide bonds. The summed E-state index contributed by atoms with van der Waals surface area (Å²) in [7, 11) is -4.22. The van der Waals surface area contributed by atoms with Crippen LogP contribution in [-0.2, 0) is 19.7 Å². The first-order chi connectivity index (χ1) is 11.7. The molecule has 0 unspecified atom stereocenters. The van der Waals surface area contributed by atoms with Gasteiger partial charge in [0.05, 0.1) is 21.9 Å². The van der Waals surface area contributed by atoms with E-state index in [9.17, 15) is 18.0 Å². The van der Waals surface area contributed by atoms with Gasteiger partial charge >= 0.3 is 0 Å². The third-order valence-corrected chi connectivity index (χ3v) is 6.04. The zero-order valence-corrected chi connectivity index (χ0v) is 15.6. The molecule has 25 heavy (non-hydrogen) atoms. The number of nitrogens with zero attached hydrogens (tertiary/aromatic N) is 2. The summed E-state index contributed by atoms with van der Waals surface area (Å²) in [6.45, 7) is 2.05. The Labute approximate surface area is 154 Å². The molecule has 7 nitrogen and oxygen atoms in total. The highest BCUT2D eigenvalue weighted by atomic mass is 32.2. The van der Waals surface area contributed by atoms with Crippen molar-refractivity contribution in [2.45, 2.75) is 6.92 Å². The molecular weight excluding hydrogens is 384 g/mol. The maximum Gasteiger partial charge on any atom is 0.267 e. The second-order valence-electron chi connectivity index (χ2n) is 5.38. The van der Waals surface area contributed by atoms with Crippen LogP contribution in [-0.4, -0.2) is 52.8 Å². The van der Waals surface area contributed by atoms with E-state index in [2.05, 4.69) is 0 Å². The Hall–Kier alpha value is -1.75. The molecule has 10 heteroatoms. The third kappa shape index (κ3) is 3.22. The highest BCUT2D eigenvalue weighted by Gasteiger charge is 2.41. The van der Waals surface area contributed by atoms with Crippen LogP contribution in [0.2, 0.25) is 0 Å². The SMILES string of the molecule is CCN1C(=O)/C(=C2\SC(=S)N(CCS(=O)(=O)O)C2=O)c2ccccc21. The minimum absolute atomic E-state index is 0.163. The maximum atomic E-state index is 12.8. The first kappa shape index (κ1) is 18.1. The number of amides is 2. The number of likely N-dealkylation sites (N-methyl/N-ethyl adjacent to an activating group) is 1. The molecule has 0 atom stereocenters. The molecule has 1 N–H and O–H groups in total. The summed E-state index contributed by atoms with van der Waals surface area (Å²) in [4.78, 5) is 28.3. The lowest BCUT2D eigenvalue weighted by atomic mass is 10.1. The highest BCUT2D eigenvalue weighted by molar-refractivity contribution is 8.26. The molecule has 2 aliphatic rings. The van der Waals surface area contributed by atoms with Crippen molar-refractivity contribution < 1.29 is 22.6 Å². The van der Waals surface area contributed by atoms with E-state index in [0.29, 0.717) is 12.1 Å². The molecule has 1 aromatic rings. The molecule has 1 saturated heterocycles. The third-order valence-electron chi connectivity index (χ3n) is 3.89. The Morgan fingerprint density at radius 3 is 2.48 bits per heavy atom. The fraction of sp³-hybridized carbons (Fsp3) is 0.267. The van der Waals surface area contributed by atoms with Gasteiger partial charge in [0, 0.05) is 18.7 Å². The summed E-state index contributed by atoms with van der Waals surface area (Å²) in [6.07, 6.45) is 0. The van der Waals surface area contributed by atoms with Gasteiger partial charge in [-0.1, -0.05) is 42.2 Å². The molecule has 0 bridgehead atoms. The Balaban J connectivity index is 2.02. The lowest BCUT2D eigenvalue weighted by molar-refractivity contribution is -0.122. The standard InChI is InChI=1S/C15H14N2O5S3/c1-2-16-10-6-4-3-5-9(10)11(13(16)18)12-14(19)17(15(23)24-12)7-8-25(20,21)22/h3-6H,2,7-8H2,1H3,(H,20,21,22)/b12-11-. The monoisotopic (exact) mass is 398 g/mol. The van der Waals surface area contributed by atoms with E-state index < -0.39 is 21.8 Å². The highest BCUT2D eigenvalue weighted by Crippen LogP contribution is 2.44. The summed E-state index contributed by atoms with van der Waals surface area (Å²) in [6, 6.07) is 7.17. The van der Waals surface area contributed by atoms with Crippen molar-refractivity contribution in [1.29, 1.82) is 0 Å². The molecule has 2 heterocycles. The van der Waals surface area contributed by atoms with Gasteiger partial charge in [0.25, 0.3) is 21.9 Å². The van der Waals surface area contributed by atoms with Crippen molar-refractivity contribution in [2.75, 3.05) is 23.7 Å². The molecule has 0 aromatic heterocycles. The van der Waals surface area contributed by atoms with Gasteiger partial charge in [-0.3, -0.25) is 19.0 Å². The van der Waals surface area contributed by atoms with Crippen LogP contribution >= 0.6 is 24.0 Å². The Morgan fingerprint density at radius 2 is 1.84 bits per heavy atom. The van der Waals surface area contributed by atoms with Gasteiger partial charge in [-0.05, 0) is 13.0 Å². The van der Waals surface area contributed by atoms with E-state index in [1.165, 1.54) is 0 Å². The van der Waals surface area contributed by atoms with E-state index in [1.807, 2.05) is 19.1 Å². The Morgan fingerprint density at radius 1 is 1.16 bits per heavy atom. The average molecular weight is 398 g/mol. The molecule has 2 aliphatic heterocycles. The normalized spacial score (nSPS) is 20.6. The molecule has 3 rings (SSSR count). The van der Waals surface area contributed by atoms with Crippen LogP contribution in [0.1, 0.15) is 12.5 Å². The zero-order chi connectivity index (χ0) is 18.4. The van der Waals surface area contributed by atoms with E-state index in [0.717, 1.165) is 22.3 Å². The number of benzene rings is 1. The largest absolute Gasteiger partial charge is 0.308 e. The van der Waals surface area contributed by atoms with E-state index in [4.69, 9.17) is 16.8 Å². The van der Waals surface area contributed by atoms with Crippen molar-refractivity contribution in [2.24, 2.45) is 0 Å². The molecule has 132 valence electrons. The van der Waals surface area contributed by atoms with Gasteiger partial charge in [-0.15, -0.1) is 0 Å². The van der Waals surface area contributed by atoms with Crippen LogP contribution in [0.4, 0.5) is 5.69 Å². The summed E-state index contributed by atoms with van der Waals surface area (Å²) >= 11 is 6.12. The topological polar surface area (TPSA) is 95.0 Å². The van der Waals surface area contributed by atoms with Gasteiger partial charge in [0.1, 0.15) is 4.32 Å². The van der Waals surface area contributed by atoms with Crippen LogP contribution in [0, 0.1) is 0 Å². The fourth-order valence-corrected chi connectivity index (χ4v) is 4.56. The van der Waals surface area contributed by atoms with Gasteiger partial charge < -0.3 is 4.90 Å². The zero-order valence-electron chi connectivity index (χ0n) is 13.1. The first-order valence-electron chi connectivity index (χ1n) is 7.39. The number of anilines is 1. The van der Waals surface area contributed by atoms with Crippen LogP contribution in [0.3, 0.4) is 0 Å². The minimum Gasteiger partial charge on any atom is -0.308 e. The predicted octanol–water partition coefficient (Wildman–Crippen LogP) is 1.51. The molecule has 0 aliphatic carbocycles. The molecule has 0 radical (unpaired) electrons. The van der Waals surface area contributed by atoms with Crippen molar-refractivity contribution in [3.63, 3.8) is 0 Å². The smallest absolute Gasteiger partial charge is 0.267 e. The second-order valence-corrected chi connectivity index (χ2v) is 8.60. The number of thioether (sulfide) groups is 1. The maximum absolute atomic E-state index is 12.8. The molecule has 0 saturated carbocycles. The van der Waals surface area contributed by atoms with Gasteiger partial charge in [0.2, 0.25) is 0 Å². The summed E-state index contributed by atoms with van der Waals surface area (Å²) in [5.41, 5.74) is 1.67. The summed E-state index contributed by atoms with van der Waals surface area (Å²) < 4.78 is 30.9. The number of rotatable bonds is 4. The molecule has 1 aromatic carbocycles. The summed E-state index contributed by atoms with van der Waals surface area (Å²) in [5.74, 6) is -1.41. The van der Waals surface area contributed by atoms with E-state index in [1.54, 1.807) is 17.0 Å². The molecule has 1 fully saturated rings. The van der Waals surface area contributed by atoms with Gasteiger partial charge in [0.15, 0.2) is 0 Å². The van der Waals surface area contributed by atoms with Gasteiger partial charge in [-0.25, -0.2) is 0 Å². The number of thiocarbonyl (C=S) groups is 1. The molecule has 0 spiro atoms. The van der Waals surface area contributed by atoms with Crippen molar-refractivity contribution in [3.05, 3.63) is 34.7 Å². The number of para-hydroxylation sites is 1. The number of hydrogen-bond acceptors (Lipinski definition) is 6. The minimum atomic E-state index is -4.22.